The van der Waals surface area contributed by atoms with Crippen LogP contribution in [0, 0.1) is 5.41 Å². The summed E-state index contributed by atoms with van der Waals surface area (Å²) in [6.07, 6.45) is 9.05. The van der Waals surface area contributed by atoms with Crippen LogP contribution in [0.15, 0.2) is 48.8 Å². The lowest BCUT2D eigenvalue weighted by atomic mass is 9.86. The monoisotopic (exact) mass is 658 g/mol. The van der Waals surface area contributed by atoms with Crippen LogP contribution < -0.4 is 5.32 Å². The second kappa shape index (κ2) is 10.9. The van der Waals surface area contributed by atoms with E-state index in [1.54, 1.807) is 16.0 Å². The first kappa shape index (κ1) is 30.4. The van der Waals surface area contributed by atoms with E-state index in [1.165, 1.54) is 12.1 Å². The van der Waals surface area contributed by atoms with Gasteiger partial charge >= 0.3 is 13.3 Å². The Labute approximate surface area is 262 Å². The van der Waals surface area contributed by atoms with Crippen molar-refractivity contribution >= 4 is 46.7 Å². The molecule has 3 atom stereocenters. The molecule has 7 rings (SSSR count). The molecule has 238 valence electrons. The van der Waals surface area contributed by atoms with Gasteiger partial charge in [0, 0.05) is 47.7 Å². The molecule has 45 heavy (non-hydrogen) atoms. The predicted molar refractivity (Wildman–Crippen MR) is 162 cm³/mol. The molecule has 10 nitrogen and oxygen atoms in total. The van der Waals surface area contributed by atoms with Crippen LogP contribution >= 0.6 is 18.9 Å². The number of halogens is 2. The molecule has 0 bridgehead atoms. The van der Waals surface area contributed by atoms with Crippen LogP contribution in [0.4, 0.5) is 8.78 Å². The number of carbonyl (C=O) groups excluding carboxylic acids is 3. The average molecular weight is 659 g/mol. The van der Waals surface area contributed by atoms with Gasteiger partial charge in [-0.2, -0.15) is 8.78 Å². The maximum atomic E-state index is 14.3. The molecule has 5 heterocycles. The molecule has 1 saturated carbocycles. The van der Waals surface area contributed by atoms with E-state index in [-0.39, 0.29) is 39.5 Å². The first-order valence-corrected chi connectivity index (χ1v) is 17.6. The third-order valence-electron chi connectivity index (χ3n) is 10.0. The fraction of sp³-hybridized carbons (Fsp3) is 0.484. The molecule has 1 spiro atoms. The summed E-state index contributed by atoms with van der Waals surface area (Å²) in [7, 11) is -5.75. The van der Waals surface area contributed by atoms with Crippen LogP contribution in [0.5, 0.6) is 0 Å². The zero-order chi connectivity index (χ0) is 31.7. The van der Waals surface area contributed by atoms with Gasteiger partial charge in [-0.05, 0) is 85.6 Å². The number of rotatable bonds is 6. The predicted octanol–water partition coefficient (Wildman–Crippen LogP) is 4.57. The quantitative estimate of drug-likeness (QED) is 0.330. The largest absolute Gasteiger partial charge is 0.399 e. The number of aromatic nitrogens is 1. The van der Waals surface area contributed by atoms with Gasteiger partial charge in [-0.1, -0.05) is 12.1 Å². The molecule has 14 heteroatoms. The highest BCUT2D eigenvalue weighted by Gasteiger charge is 2.54. The van der Waals surface area contributed by atoms with Crippen LogP contribution in [-0.4, -0.2) is 73.5 Å². The van der Waals surface area contributed by atoms with Gasteiger partial charge in [0.25, 0.3) is 5.91 Å². The molecular formula is C31H33F2N4O6PS. The Morgan fingerprint density at radius 3 is 2.56 bits per heavy atom. The van der Waals surface area contributed by atoms with Crippen LogP contribution in [0.3, 0.4) is 0 Å². The van der Waals surface area contributed by atoms with Gasteiger partial charge in [0.1, 0.15) is 12.1 Å². The maximum absolute atomic E-state index is 14.3. The third kappa shape index (κ3) is 5.47. The fourth-order valence-corrected chi connectivity index (χ4v) is 8.64. The Morgan fingerprint density at radius 2 is 1.87 bits per heavy atom. The molecule has 3 saturated heterocycles. The van der Waals surface area contributed by atoms with Crippen LogP contribution in [0.2, 0.25) is 0 Å². The number of nitrogens with zero attached hydrogens (tertiary/aromatic N) is 3. The number of alkyl halides is 2. The number of amides is 3. The zero-order valence-electron chi connectivity index (χ0n) is 24.3. The minimum atomic E-state index is -5.75. The summed E-state index contributed by atoms with van der Waals surface area (Å²) in [5.41, 5.74) is -4.02. The molecule has 1 aliphatic carbocycles. The summed E-state index contributed by atoms with van der Waals surface area (Å²) in [6, 6.07) is 6.99. The highest BCUT2D eigenvalue weighted by Crippen LogP contribution is 2.59. The Balaban J connectivity index is 1.09. The summed E-state index contributed by atoms with van der Waals surface area (Å²) in [6.45, 7) is 1.15. The van der Waals surface area contributed by atoms with Crippen LogP contribution in [0.25, 0.3) is 10.1 Å². The van der Waals surface area contributed by atoms with E-state index in [4.69, 9.17) is 9.79 Å². The highest BCUT2D eigenvalue weighted by atomic mass is 32.1. The van der Waals surface area contributed by atoms with Crippen molar-refractivity contribution < 1.29 is 37.5 Å². The normalized spacial score (nSPS) is 25.1. The lowest BCUT2D eigenvalue weighted by Gasteiger charge is -2.43. The topological polar surface area (TPSA) is 140 Å². The zero-order valence-corrected chi connectivity index (χ0v) is 26.0. The van der Waals surface area contributed by atoms with E-state index in [2.05, 4.69) is 10.3 Å². The Kier molecular flexibility index (Phi) is 7.39. The van der Waals surface area contributed by atoms with Crippen molar-refractivity contribution in [3.63, 3.8) is 0 Å². The summed E-state index contributed by atoms with van der Waals surface area (Å²) in [4.78, 5) is 67.4. The van der Waals surface area contributed by atoms with E-state index in [0.29, 0.717) is 30.6 Å². The molecule has 4 aliphatic rings. The van der Waals surface area contributed by atoms with Crippen molar-refractivity contribution in [2.24, 2.45) is 5.41 Å². The molecule has 3 N–H and O–H groups in total. The number of likely N-dealkylation sites (tertiary alicyclic amines) is 1. The van der Waals surface area contributed by atoms with Crippen molar-refractivity contribution in [2.45, 2.75) is 74.7 Å². The summed E-state index contributed by atoms with van der Waals surface area (Å²) >= 11 is 1.04. The number of benzene rings is 1. The molecule has 2 aromatic heterocycles. The molecule has 0 radical (unpaired) electrons. The first-order valence-electron chi connectivity index (χ1n) is 15.1. The van der Waals surface area contributed by atoms with Crippen molar-refractivity contribution in [3.8, 4) is 0 Å². The second-order valence-corrected chi connectivity index (χ2v) is 15.7. The molecule has 3 aromatic rings. The number of hydrogen-bond acceptors (Lipinski definition) is 6. The minimum Gasteiger partial charge on any atom is -0.340 e. The van der Waals surface area contributed by atoms with Crippen molar-refractivity contribution in [3.05, 3.63) is 64.8 Å². The number of pyridine rings is 1. The fourth-order valence-electron chi connectivity index (χ4n) is 7.22. The number of nitrogens with one attached hydrogen (secondary N) is 1. The average Bonchev–Trinajstić information content (AvgIpc) is 3.40. The van der Waals surface area contributed by atoms with Gasteiger partial charge in [0.15, 0.2) is 0 Å². The van der Waals surface area contributed by atoms with Gasteiger partial charge in [0.2, 0.25) is 11.8 Å². The van der Waals surface area contributed by atoms with Gasteiger partial charge in [-0.25, -0.2) is 0 Å². The van der Waals surface area contributed by atoms with Gasteiger partial charge in [0.05, 0.1) is 4.88 Å². The number of carbonyl (C=O) groups is 3. The molecule has 1 aromatic carbocycles. The molecule has 0 unspecified atom stereocenters. The summed E-state index contributed by atoms with van der Waals surface area (Å²) in [5, 5.41) is 3.12. The number of hydrogen-bond donors (Lipinski definition) is 3. The van der Waals surface area contributed by atoms with Gasteiger partial charge in [-0.15, -0.1) is 11.3 Å². The summed E-state index contributed by atoms with van der Waals surface area (Å²) in [5.74, 6) is -0.656. The summed E-state index contributed by atoms with van der Waals surface area (Å²) < 4.78 is 40.4. The van der Waals surface area contributed by atoms with Crippen LogP contribution in [0.1, 0.15) is 71.7 Å². The SMILES string of the molecule is O=C(N[C@H]1CCC2(CC2)C[C@H]2CC[C@@H](C(=O)N3CC(c4cccnc4)C3)N2C1=O)c1cc2cc(C(F)(F)P(=O)(O)O)ccc2s1. The molecule has 3 amide bonds. The van der Waals surface area contributed by atoms with E-state index in [9.17, 15) is 27.7 Å². The van der Waals surface area contributed by atoms with E-state index in [0.717, 1.165) is 61.1 Å². The van der Waals surface area contributed by atoms with E-state index in [1.807, 2.05) is 18.3 Å². The minimum absolute atomic E-state index is 0.0612. The van der Waals surface area contributed by atoms with Crippen LogP contribution in [-0.2, 0) is 19.8 Å². The van der Waals surface area contributed by atoms with E-state index >= 15 is 0 Å². The highest BCUT2D eigenvalue weighted by molar-refractivity contribution is 7.52. The third-order valence-corrected chi connectivity index (χ3v) is 12.1. The lowest BCUT2D eigenvalue weighted by Crippen LogP contribution is -2.60. The number of fused-ring (bicyclic) bond motifs is 2. The van der Waals surface area contributed by atoms with Crippen molar-refractivity contribution in [1.82, 2.24) is 20.1 Å². The Bertz CT molecular complexity index is 1720. The van der Waals surface area contributed by atoms with E-state index < -0.39 is 36.8 Å². The van der Waals surface area contributed by atoms with Crippen molar-refractivity contribution in [2.75, 3.05) is 13.1 Å². The Morgan fingerprint density at radius 1 is 1.09 bits per heavy atom. The standard InChI is InChI=1S/C31H33F2N4O6PS/c32-31(33,44(41,42)43)21-3-6-25-19(12-21)13-26(45-25)27(38)35-23-7-8-30(9-10-30)14-22-4-5-24(37(22)28(23)39)29(40)36-16-20(17-36)18-2-1-11-34-15-18/h1-3,6,11-13,15,20,22-24H,4-5,7-10,14,16-17H2,(H,35,38)(H2,41,42,43)/t22-,23+,24+/m1/s1. The first-order chi connectivity index (χ1) is 21.3. The van der Waals surface area contributed by atoms with Crippen molar-refractivity contribution in [1.29, 1.82) is 0 Å². The molecule has 4 fully saturated rings. The van der Waals surface area contributed by atoms with Gasteiger partial charge < -0.3 is 24.9 Å². The maximum Gasteiger partial charge on any atom is 0.399 e. The lowest BCUT2D eigenvalue weighted by molar-refractivity contribution is -0.150. The molecule has 3 aliphatic heterocycles. The van der Waals surface area contributed by atoms with Gasteiger partial charge in [-0.3, -0.25) is 23.9 Å². The Hall–Kier alpha value is -3.25. The number of thiophene rings is 1. The molecular weight excluding hydrogens is 625 g/mol. The second-order valence-electron chi connectivity index (χ2n) is 12.9. The smallest absolute Gasteiger partial charge is 0.340 e.